The number of hydrogen-bond donors (Lipinski definition) is 1. The summed E-state index contributed by atoms with van der Waals surface area (Å²) in [6.07, 6.45) is 1.00. The molecule has 1 N–H and O–H groups in total. The molecule has 1 heterocycles. The quantitative estimate of drug-likeness (QED) is 0.674. The molecule has 3 rings (SSSR count). The van der Waals surface area contributed by atoms with Crippen LogP contribution in [-0.4, -0.2) is 7.11 Å². The smallest absolute Gasteiger partial charge is 0.124 e. The monoisotopic (exact) mass is 297 g/mol. The van der Waals surface area contributed by atoms with Gasteiger partial charge in [-0.3, -0.25) is 0 Å². The van der Waals surface area contributed by atoms with Crippen molar-refractivity contribution in [2.75, 3.05) is 12.4 Å². The number of nitrogens with one attached hydrogen (secondary N) is 1. The summed E-state index contributed by atoms with van der Waals surface area (Å²) in [5.41, 5.74) is 2.35. The van der Waals surface area contributed by atoms with Crippen molar-refractivity contribution in [2.45, 2.75) is 19.4 Å². The highest BCUT2D eigenvalue weighted by Crippen LogP contribution is 2.31. The number of anilines is 1. The third-order valence-corrected chi connectivity index (χ3v) is 4.61. The van der Waals surface area contributed by atoms with Gasteiger partial charge in [0.05, 0.1) is 13.2 Å². The van der Waals surface area contributed by atoms with E-state index in [1.807, 2.05) is 12.1 Å². The van der Waals surface area contributed by atoms with E-state index in [9.17, 15) is 0 Å². The van der Waals surface area contributed by atoms with Crippen LogP contribution in [0.25, 0.3) is 10.1 Å². The van der Waals surface area contributed by atoms with E-state index in [0.717, 1.165) is 17.9 Å². The Morgan fingerprint density at radius 2 is 2.00 bits per heavy atom. The SMILES string of the molecule is CCC(Nc1ccc2sccc2c1)c1ccccc1OC. The van der Waals surface area contributed by atoms with E-state index in [1.54, 1.807) is 18.4 Å². The first-order chi connectivity index (χ1) is 10.3. The summed E-state index contributed by atoms with van der Waals surface area (Å²) in [6.45, 7) is 2.19. The van der Waals surface area contributed by atoms with Crippen molar-refractivity contribution in [3.05, 3.63) is 59.5 Å². The molecule has 0 aliphatic carbocycles. The molecule has 1 atom stereocenters. The van der Waals surface area contributed by atoms with Crippen molar-refractivity contribution in [2.24, 2.45) is 0 Å². The molecule has 1 unspecified atom stereocenters. The molecule has 0 bridgehead atoms. The normalized spacial score (nSPS) is 12.3. The van der Waals surface area contributed by atoms with Crippen molar-refractivity contribution in [3.63, 3.8) is 0 Å². The fourth-order valence-electron chi connectivity index (χ4n) is 2.61. The Bertz CT molecular complexity index is 735. The second kappa shape index (κ2) is 6.19. The van der Waals surface area contributed by atoms with Gasteiger partial charge < -0.3 is 10.1 Å². The molecule has 0 amide bonds. The summed E-state index contributed by atoms with van der Waals surface area (Å²) in [6, 6.07) is 17.2. The fraction of sp³-hybridized carbons (Fsp3) is 0.222. The van der Waals surface area contributed by atoms with Crippen LogP contribution in [0.2, 0.25) is 0 Å². The first-order valence-electron chi connectivity index (χ1n) is 7.18. The Kier molecular flexibility index (Phi) is 4.11. The van der Waals surface area contributed by atoms with Gasteiger partial charge in [-0.15, -0.1) is 11.3 Å². The van der Waals surface area contributed by atoms with Gasteiger partial charge in [-0.2, -0.15) is 0 Å². The van der Waals surface area contributed by atoms with E-state index in [0.29, 0.717) is 0 Å². The summed E-state index contributed by atoms with van der Waals surface area (Å²) in [7, 11) is 1.73. The van der Waals surface area contributed by atoms with Crippen LogP contribution in [0.1, 0.15) is 24.9 Å². The molecule has 0 aliphatic heterocycles. The van der Waals surface area contributed by atoms with E-state index >= 15 is 0 Å². The third kappa shape index (κ3) is 2.88. The standard InChI is InChI=1S/C18H19NOS/c1-3-16(15-6-4-5-7-17(15)20-2)19-14-8-9-18-13(12-14)10-11-21-18/h4-12,16,19H,3H2,1-2H3. The molecule has 0 spiro atoms. The largest absolute Gasteiger partial charge is 0.496 e. The molecule has 0 saturated heterocycles. The zero-order chi connectivity index (χ0) is 14.7. The van der Waals surface area contributed by atoms with Crippen LogP contribution in [0.15, 0.2) is 53.9 Å². The van der Waals surface area contributed by atoms with Crippen molar-refractivity contribution in [1.29, 1.82) is 0 Å². The van der Waals surface area contributed by atoms with E-state index in [4.69, 9.17) is 4.74 Å². The number of hydrogen-bond acceptors (Lipinski definition) is 3. The van der Waals surface area contributed by atoms with Crippen molar-refractivity contribution >= 4 is 27.1 Å². The number of ether oxygens (including phenoxy) is 1. The lowest BCUT2D eigenvalue weighted by molar-refractivity contribution is 0.406. The second-order valence-corrected chi connectivity index (χ2v) is 5.97. The number of fused-ring (bicyclic) bond motifs is 1. The molecular weight excluding hydrogens is 278 g/mol. The average Bonchev–Trinajstić information content (AvgIpc) is 3.00. The van der Waals surface area contributed by atoms with Gasteiger partial charge in [-0.1, -0.05) is 25.1 Å². The minimum absolute atomic E-state index is 0.247. The van der Waals surface area contributed by atoms with Gasteiger partial charge in [-0.05, 0) is 47.5 Å². The Hall–Kier alpha value is -2.00. The minimum atomic E-state index is 0.247. The highest BCUT2D eigenvalue weighted by atomic mass is 32.1. The summed E-state index contributed by atoms with van der Waals surface area (Å²) in [5.74, 6) is 0.938. The summed E-state index contributed by atoms with van der Waals surface area (Å²) in [4.78, 5) is 0. The van der Waals surface area contributed by atoms with Crippen molar-refractivity contribution in [1.82, 2.24) is 0 Å². The highest BCUT2D eigenvalue weighted by molar-refractivity contribution is 7.17. The van der Waals surface area contributed by atoms with Gasteiger partial charge in [0, 0.05) is 16.0 Å². The first-order valence-corrected chi connectivity index (χ1v) is 8.06. The van der Waals surface area contributed by atoms with Crippen LogP contribution in [0.5, 0.6) is 5.75 Å². The van der Waals surface area contributed by atoms with Crippen LogP contribution in [0.3, 0.4) is 0 Å². The average molecular weight is 297 g/mol. The Morgan fingerprint density at radius 3 is 2.81 bits per heavy atom. The van der Waals surface area contributed by atoms with E-state index < -0.39 is 0 Å². The molecule has 0 aliphatic rings. The molecule has 0 fully saturated rings. The van der Waals surface area contributed by atoms with E-state index in [-0.39, 0.29) is 6.04 Å². The van der Waals surface area contributed by atoms with Crippen LogP contribution in [-0.2, 0) is 0 Å². The third-order valence-electron chi connectivity index (χ3n) is 3.72. The molecule has 0 radical (unpaired) electrons. The minimum Gasteiger partial charge on any atom is -0.496 e. The number of rotatable bonds is 5. The zero-order valence-electron chi connectivity index (χ0n) is 12.3. The predicted octanol–water partition coefficient (Wildman–Crippen LogP) is 5.47. The number of thiophene rings is 1. The lowest BCUT2D eigenvalue weighted by Crippen LogP contribution is -2.10. The first kappa shape index (κ1) is 14.0. The van der Waals surface area contributed by atoms with Gasteiger partial charge in [0.15, 0.2) is 0 Å². The second-order valence-electron chi connectivity index (χ2n) is 5.02. The molecule has 2 nitrogen and oxygen atoms in total. The van der Waals surface area contributed by atoms with Gasteiger partial charge in [0.25, 0.3) is 0 Å². The molecule has 108 valence electrons. The predicted molar refractivity (Wildman–Crippen MR) is 91.5 cm³/mol. The molecule has 1 aromatic heterocycles. The number of para-hydroxylation sites is 1. The maximum atomic E-state index is 5.49. The van der Waals surface area contributed by atoms with Crippen LogP contribution >= 0.6 is 11.3 Å². The molecule has 3 aromatic rings. The number of methoxy groups -OCH3 is 1. The maximum absolute atomic E-state index is 5.49. The molecular formula is C18H19NOS. The lowest BCUT2D eigenvalue weighted by atomic mass is 10.0. The molecule has 3 heteroatoms. The van der Waals surface area contributed by atoms with E-state index in [2.05, 4.69) is 54.0 Å². The van der Waals surface area contributed by atoms with Gasteiger partial charge in [0.1, 0.15) is 5.75 Å². The van der Waals surface area contributed by atoms with Gasteiger partial charge in [-0.25, -0.2) is 0 Å². The van der Waals surface area contributed by atoms with Gasteiger partial charge >= 0.3 is 0 Å². The Morgan fingerprint density at radius 1 is 1.14 bits per heavy atom. The summed E-state index contributed by atoms with van der Waals surface area (Å²) >= 11 is 1.78. The lowest BCUT2D eigenvalue weighted by Gasteiger charge is -2.21. The molecule has 0 saturated carbocycles. The molecule has 2 aromatic carbocycles. The van der Waals surface area contributed by atoms with Crippen molar-refractivity contribution < 1.29 is 4.74 Å². The maximum Gasteiger partial charge on any atom is 0.124 e. The Balaban J connectivity index is 1.89. The molecule has 21 heavy (non-hydrogen) atoms. The van der Waals surface area contributed by atoms with Gasteiger partial charge in [0.2, 0.25) is 0 Å². The topological polar surface area (TPSA) is 21.3 Å². The van der Waals surface area contributed by atoms with Crippen LogP contribution in [0.4, 0.5) is 5.69 Å². The van der Waals surface area contributed by atoms with Crippen LogP contribution < -0.4 is 10.1 Å². The fourth-order valence-corrected chi connectivity index (χ4v) is 3.38. The zero-order valence-corrected chi connectivity index (χ0v) is 13.1. The summed E-state index contributed by atoms with van der Waals surface area (Å²) in [5, 5.41) is 7.05. The van der Waals surface area contributed by atoms with Crippen LogP contribution in [0, 0.1) is 0 Å². The van der Waals surface area contributed by atoms with E-state index in [1.165, 1.54) is 15.6 Å². The van der Waals surface area contributed by atoms with Crippen molar-refractivity contribution in [3.8, 4) is 5.75 Å². The highest BCUT2D eigenvalue weighted by Gasteiger charge is 2.14. The Labute approximate surface area is 129 Å². The summed E-state index contributed by atoms with van der Waals surface area (Å²) < 4.78 is 6.81. The number of benzene rings is 2.